The highest BCUT2D eigenvalue weighted by Gasteiger charge is 2.31. The minimum absolute atomic E-state index is 0.00173. The Morgan fingerprint density at radius 2 is 2.11 bits per heavy atom. The van der Waals surface area contributed by atoms with Crippen LogP contribution in [0.5, 0.6) is 0 Å². The number of sulfonamides is 1. The Hall–Kier alpha value is -1.12. The lowest BCUT2D eigenvalue weighted by molar-refractivity contribution is 0.00946. The highest BCUT2D eigenvalue weighted by Crippen LogP contribution is 2.27. The zero-order valence-corrected chi connectivity index (χ0v) is 10.8. The van der Waals surface area contributed by atoms with Gasteiger partial charge in [0.25, 0.3) is 0 Å². The number of hydrogen-bond acceptors (Lipinski definition) is 5. The van der Waals surface area contributed by atoms with E-state index in [1.54, 1.807) is 0 Å². The third-order valence-electron chi connectivity index (χ3n) is 3.30. The van der Waals surface area contributed by atoms with E-state index in [1.165, 1.54) is 0 Å². The van der Waals surface area contributed by atoms with E-state index in [2.05, 4.69) is 14.9 Å². The summed E-state index contributed by atoms with van der Waals surface area (Å²) in [5.74, 6) is -0.00173. The number of nitrogens with one attached hydrogen (secondary N) is 2. The number of rotatable bonds is 4. The number of aliphatic hydroxyl groups is 1. The Balaban J connectivity index is 2.03. The Morgan fingerprint density at radius 3 is 2.67 bits per heavy atom. The van der Waals surface area contributed by atoms with Gasteiger partial charge in [0.05, 0.1) is 11.8 Å². The molecule has 1 saturated carbocycles. The van der Waals surface area contributed by atoms with E-state index in [-0.39, 0.29) is 17.3 Å². The van der Waals surface area contributed by atoms with Gasteiger partial charge in [-0.05, 0) is 12.8 Å². The number of aromatic nitrogens is 2. The van der Waals surface area contributed by atoms with E-state index in [0.717, 1.165) is 25.5 Å². The van der Waals surface area contributed by atoms with Crippen molar-refractivity contribution < 1.29 is 13.5 Å². The predicted octanol–water partition coefficient (Wildman–Crippen LogP) is -0.0346. The van der Waals surface area contributed by atoms with Crippen LogP contribution >= 0.6 is 0 Å². The van der Waals surface area contributed by atoms with Crippen LogP contribution in [0.3, 0.4) is 0 Å². The quantitative estimate of drug-likeness (QED) is 0.614. The Bertz CT molecular complexity index is 505. The number of nitrogen functional groups attached to an aromatic ring is 1. The van der Waals surface area contributed by atoms with Crippen LogP contribution in [0.25, 0.3) is 0 Å². The van der Waals surface area contributed by atoms with E-state index in [0.29, 0.717) is 12.8 Å². The van der Waals surface area contributed by atoms with Gasteiger partial charge in [-0.25, -0.2) is 13.1 Å². The van der Waals surface area contributed by atoms with Crippen molar-refractivity contribution >= 4 is 15.8 Å². The molecular weight excluding hydrogens is 256 g/mol. The van der Waals surface area contributed by atoms with Crippen molar-refractivity contribution in [3.05, 3.63) is 6.20 Å². The molecule has 2 rings (SSSR count). The fourth-order valence-electron chi connectivity index (χ4n) is 2.19. The molecule has 0 aromatic carbocycles. The molecule has 0 unspecified atom stereocenters. The number of hydrogen-bond donors (Lipinski definition) is 4. The molecule has 7 nitrogen and oxygen atoms in total. The monoisotopic (exact) mass is 274 g/mol. The van der Waals surface area contributed by atoms with Gasteiger partial charge in [-0.3, -0.25) is 5.10 Å². The van der Waals surface area contributed by atoms with Crippen LogP contribution in [-0.2, 0) is 10.0 Å². The molecule has 0 aliphatic heterocycles. The average Bonchev–Trinajstić information content (AvgIpc) is 2.75. The summed E-state index contributed by atoms with van der Waals surface area (Å²) in [4.78, 5) is -0.0816. The van der Waals surface area contributed by atoms with E-state index in [9.17, 15) is 13.5 Å². The average molecular weight is 274 g/mol. The van der Waals surface area contributed by atoms with Crippen LogP contribution in [0.4, 0.5) is 5.82 Å². The van der Waals surface area contributed by atoms with Gasteiger partial charge in [-0.2, -0.15) is 5.10 Å². The topological polar surface area (TPSA) is 121 Å². The van der Waals surface area contributed by atoms with Gasteiger partial charge in [-0.1, -0.05) is 19.3 Å². The Morgan fingerprint density at radius 1 is 1.44 bits per heavy atom. The molecule has 0 saturated heterocycles. The minimum atomic E-state index is -3.71. The summed E-state index contributed by atoms with van der Waals surface area (Å²) in [6, 6.07) is 0. The van der Waals surface area contributed by atoms with Crippen molar-refractivity contribution in [2.45, 2.75) is 42.6 Å². The summed E-state index contributed by atoms with van der Waals surface area (Å²) >= 11 is 0. The van der Waals surface area contributed by atoms with E-state index >= 15 is 0 Å². The van der Waals surface area contributed by atoms with E-state index < -0.39 is 15.6 Å². The molecule has 1 aromatic rings. The molecule has 0 spiro atoms. The lowest BCUT2D eigenvalue weighted by Crippen LogP contribution is -2.44. The lowest BCUT2D eigenvalue weighted by Gasteiger charge is -2.31. The molecular formula is C10H18N4O3S. The summed E-state index contributed by atoms with van der Waals surface area (Å²) in [6.45, 7) is 0.0138. The maximum absolute atomic E-state index is 11.9. The first kappa shape index (κ1) is 13.3. The Labute approximate surface area is 106 Å². The van der Waals surface area contributed by atoms with E-state index in [4.69, 9.17) is 5.73 Å². The van der Waals surface area contributed by atoms with Crippen molar-refractivity contribution in [3.63, 3.8) is 0 Å². The summed E-state index contributed by atoms with van der Waals surface area (Å²) in [6.07, 6.45) is 5.33. The smallest absolute Gasteiger partial charge is 0.245 e. The second kappa shape index (κ2) is 4.87. The molecule has 8 heteroatoms. The SMILES string of the molecule is Nc1[nH]ncc1S(=O)(=O)NCC1(O)CCCCC1. The molecule has 5 N–H and O–H groups in total. The zero-order valence-electron chi connectivity index (χ0n) is 10.0. The van der Waals surface area contributed by atoms with Crippen LogP contribution in [0.1, 0.15) is 32.1 Å². The molecule has 1 aliphatic carbocycles. The molecule has 0 amide bonds. The Kier molecular flexibility index (Phi) is 3.60. The van der Waals surface area contributed by atoms with Crippen LogP contribution in [-0.4, -0.2) is 35.9 Å². The van der Waals surface area contributed by atoms with Gasteiger partial charge < -0.3 is 10.8 Å². The molecule has 18 heavy (non-hydrogen) atoms. The first-order valence-corrected chi connectivity index (χ1v) is 7.42. The second-order valence-electron chi connectivity index (χ2n) is 4.76. The van der Waals surface area contributed by atoms with Crippen molar-refractivity contribution in [1.29, 1.82) is 0 Å². The summed E-state index contributed by atoms with van der Waals surface area (Å²) in [5, 5.41) is 16.2. The van der Waals surface area contributed by atoms with Crippen molar-refractivity contribution in [1.82, 2.24) is 14.9 Å². The number of nitrogens with two attached hydrogens (primary N) is 1. The van der Waals surface area contributed by atoms with Gasteiger partial charge in [-0.15, -0.1) is 0 Å². The van der Waals surface area contributed by atoms with Gasteiger partial charge >= 0.3 is 0 Å². The van der Waals surface area contributed by atoms with E-state index in [1.807, 2.05) is 0 Å². The van der Waals surface area contributed by atoms with Crippen LogP contribution in [0.15, 0.2) is 11.1 Å². The fourth-order valence-corrected chi connectivity index (χ4v) is 3.33. The minimum Gasteiger partial charge on any atom is -0.389 e. The summed E-state index contributed by atoms with van der Waals surface area (Å²) in [5.41, 5.74) is 4.53. The van der Waals surface area contributed by atoms with Crippen LogP contribution < -0.4 is 10.5 Å². The van der Waals surface area contributed by atoms with Crippen molar-refractivity contribution in [3.8, 4) is 0 Å². The molecule has 1 fully saturated rings. The molecule has 0 bridgehead atoms. The largest absolute Gasteiger partial charge is 0.389 e. The number of anilines is 1. The van der Waals surface area contributed by atoms with Crippen LogP contribution in [0.2, 0.25) is 0 Å². The third-order valence-corrected chi connectivity index (χ3v) is 4.73. The number of aromatic amines is 1. The van der Waals surface area contributed by atoms with Crippen molar-refractivity contribution in [2.75, 3.05) is 12.3 Å². The molecule has 102 valence electrons. The van der Waals surface area contributed by atoms with Gasteiger partial charge in [0, 0.05) is 6.54 Å². The molecule has 1 heterocycles. The van der Waals surface area contributed by atoms with Gasteiger partial charge in [0.15, 0.2) is 0 Å². The van der Waals surface area contributed by atoms with Gasteiger partial charge in [0.1, 0.15) is 10.7 Å². The lowest BCUT2D eigenvalue weighted by atomic mass is 9.85. The number of nitrogens with zero attached hydrogens (tertiary/aromatic N) is 1. The standard InChI is InChI=1S/C10H18N4O3S/c11-9-8(6-12-14-9)18(16,17)13-7-10(15)4-2-1-3-5-10/h6,13,15H,1-5,7H2,(H3,11,12,14). The third kappa shape index (κ3) is 2.82. The highest BCUT2D eigenvalue weighted by molar-refractivity contribution is 7.89. The molecule has 1 aromatic heterocycles. The zero-order chi connectivity index (χ0) is 13.2. The first-order chi connectivity index (χ1) is 8.43. The maximum Gasteiger partial charge on any atom is 0.245 e. The summed E-state index contributed by atoms with van der Waals surface area (Å²) in [7, 11) is -3.71. The van der Waals surface area contributed by atoms with Crippen LogP contribution in [0, 0.1) is 0 Å². The first-order valence-electron chi connectivity index (χ1n) is 5.94. The number of H-pyrrole nitrogens is 1. The summed E-state index contributed by atoms with van der Waals surface area (Å²) < 4.78 is 26.3. The maximum atomic E-state index is 11.9. The predicted molar refractivity (Wildman–Crippen MR) is 66.2 cm³/mol. The molecule has 0 atom stereocenters. The molecule has 1 aliphatic rings. The van der Waals surface area contributed by atoms with Gasteiger partial charge in [0.2, 0.25) is 10.0 Å². The molecule has 0 radical (unpaired) electrons. The van der Waals surface area contributed by atoms with Crippen molar-refractivity contribution in [2.24, 2.45) is 0 Å². The normalized spacial score (nSPS) is 19.8. The highest BCUT2D eigenvalue weighted by atomic mass is 32.2. The second-order valence-corrected chi connectivity index (χ2v) is 6.49. The fraction of sp³-hybridized carbons (Fsp3) is 0.700.